The lowest BCUT2D eigenvalue weighted by Crippen LogP contribution is -2.29. The number of halogens is 1. The number of hydrogen-bond donors (Lipinski definition) is 0. The van der Waals surface area contributed by atoms with Crippen molar-refractivity contribution in [3.05, 3.63) is 84.4 Å². The van der Waals surface area contributed by atoms with E-state index >= 15 is 0 Å². The molecule has 0 saturated heterocycles. The summed E-state index contributed by atoms with van der Waals surface area (Å²) in [5, 5.41) is 0.715. The monoisotopic (exact) mass is 370 g/mol. The third-order valence-corrected chi connectivity index (χ3v) is 5.25. The molecule has 2 heterocycles. The molecule has 25 heavy (non-hydrogen) atoms. The summed E-state index contributed by atoms with van der Waals surface area (Å²) in [5.41, 5.74) is 2.07. The molecule has 1 aromatic heterocycles. The van der Waals surface area contributed by atoms with E-state index in [1.165, 1.54) is 11.3 Å². The van der Waals surface area contributed by atoms with E-state index in [0.29, 0.717) is 29.3 Å². The van der Waals surface area contributed by atoms with Crippen LogP contribution in [-0.2, 0) is 13.2 Å². The Hall–Kier alpha value is -2.37. The van der Waals surface area contributed by atoms with Gasteiger partial charge in [0, 0.05) is 11.6 Å². The van der Waals surface area contributed by atoms with Gasteiger partial charge in [-0.1, -0.05) is 47.2 Å². The first-order valence-electron chi connectivity index (χ1n) is 7.92. The third-order valence-electron chi connectivity index (χ3n) is 3.96. The van der Waals surface area contributed by atoms with E-state index in [4.69, 9.17) is 16.3 Å². The van der Waals surface area contributed by atoms with Crippen molar-refractivity contribution in [3.8, 4) is 5.75 Å². The van der Waals surface area contributed by atoms with Crippen LogP contribution in [0.3, 0.4) is 0 Å². The van der Waals surface area contributed by atoms with Crippen LogP contribution in [-0.4, -0.2) is 11.1 Å². The average Bonchev–Trinajstić information content (AvgIpc) is 3.19. The van der Waals surface area contributed by atoms with Crippen molar-refractivity contribution in [3.63, 3.8) is 0 Å². The Morgan fingerprint density at radius 1 is 1.16 bits per heavy atom. The van der Waals surface area contributed by atoms with Crippen molar-refractivity contribution in [1.29, 1.82) is 0 Å². The molecule has 0 N–H and O–H groups in total. The Bertz CT molecular complexity index is 1070. The van der Waals surface area contributed by atoms with Gasteiger partial charge >= 0.3 is 0 Å². The van der Waals surface area contributed by atoms with E-state index < -0.39 is 0 Å². The second kappa shape index (κ2) is 6.86. The smallest absolute Gasteiger partial charge is 0.270 e. The number of benzene rings is 2. The fourth-order valence-electron chi connectivity index (χ4n) is 2.63. The number of hydrogen-bond acceptors (Lipinski definition) is 4. The van der Waals surface area contributed by atoms with E-state index in [-0.39, 0.29) is 5.56 Å². The molecule has 2 aromatic carbocycles. The van der Waals surface area contributed by atoms with Crippen LogP contribution >= 0.6 is 22.9 Å². The van der Waals surface area contributed by atoms with E-state index in [9.17, 15) is 4.79 Å². The minimum absolute atomic E-state index is 0.0457. The van der Waals surface area contributed by atoms with Crippen LogP contribution in [0.2, 0.25) is 5.02 Å². The molecule has 0 fully saturated rings. The summed E-state index contributed by atoms with van der Waals surface area (Å²) in [6, 6.07) is 15.3. The largest absolute Gasteiger partial charge is 0.489 e. The molecular formula is C19H15ClN2O2S. The van der Waals surface area contributed by atoms with Gasteiger partial charge in [-0.2, -0.15) is 0 Å². The number of aromatic nitrogens is 1. The maximum Gasteiger partial charge on any atom is 0.270 e. The SMILES string of the molecule is O=c1c(=Cc2ccc(OCc3ccc(Cl)cc3)cc2)sc2n1CCN=2. The normalized spacial score (nSPS) is 13.6. The van der Waals surface area contributed by atoms with Gasteiger partial charge in [0.25, 0.3) is 5.56 Å². The van der Waals surface area contributed by atoms with Gasteiger partial charge in [-0.05, 0) is 41.5 Å². The van der Waals surface area contributed by atoms with Crippen LogP contribution in [0.4, 0.5) is 0 Å². The van der Waals surface area contributed by atoms with Gasteiger partial charge in [0.2, 0.25) is 0 Å². The van der Waals surface area contributed by atoms with Gasteiger partial charge in [0.05, 0.1) is 11.1 Å². The molecule has 1 aliphatic heterocycles. The number of ether oxygens (including phenoxy) is 1. The van der Waals surface area contributed by atoms with Crippen molar-refractivity contribution in [2.75, 3.05) is 6.54 Å². The molecule has 0 amide bonds. The molecule has 0 aliphatic carbocycles. The maximum atomic E-state index is 12.3. The van der Waals surface area contributed by atoms with Gasteiger partial charge in [0.1, 0.15) is 12.4 Å². The van der Waals surface area contributed by atoms with Gasteiger partial charge in [-0.25, -0.2) is 0 Å². The van der Waals surface area contributed by atoms with E-state index in [1.807, 2.05) is 54.6 Å². The predicted molar refractivity (Wildman–Crippen MR) is 100 cm³/mol. The highest BCUT2D eigenvalue weighted by Crippen LogP contribution is 2.16. The second-order valence-corrected chi connectivity index (χ2v) is 7.16. The van der Waals surface area contributed by atoms with E-state index in [0.717, 1.165) is 21.7 Å². The summed E-state index contributed by atoms with van der Waals surface area (Å²) < 4.78 is 8.23. The van der Waals surface area contributed by atoms with Crippen LogP contribution in [0.25, 0.3) is 6.08 Å². The Kier molecular flexibility index (Phi) is 4.42. The van der Waals surface area contributed by atoms with Crippen LogP contribution in [0.5, 0.6) is 5.75 Å². The zero-order valence-corrected chi connectivity index (χ0v) is 14.9. The highest BCUT2D eigenvalue weighted by Gasteiger charge is 2.09. The first-order chi connectivity index (χ1) is 12.2. The molecule has 0 unspecified atom stereocenters. The molecule has 3 aromatic rings. The van der Waals surface area contributed by atoms with Crippen molar-refractivity contribution in [1.82, 2.24) is 4.57 Å². The third kappa shape index (κ3) is 3.52. The molecule has 0 saturated carbocycles. The Morgan fingerprint density at radius 2 is 1.92 bits per heavy atom. The standard InChI is InChI=1S/C19H15ClN2O2S/c20-15-5-1-14(2-6-15)12-24-16-7-3-13(4-8-16)11-17-18(23)22-10-9-21-19(22)25-17/h1-8,11H,9-10,12H2. The molecule has 4 rings (SSSR count). The molecule has 0 radical (unpaired) electrons. The Labute approximate surface area is 153 Å². The number of nitrogens with zero attached hydrogens (tertiary/aromatic N) is 2. The summed E-state index contributed by atoms with van der Waals surface area (Å²) in [7, 11) is 0. The first-order valence-corrected chi connectivity index (χ1v) is 9.12. The summed E-state index contributed by atoms with van der Waals surface area (Å²) in [6.07, 6.45) is 1.90. The topological polar surface area (TPSA) is 43.6 Å². The minimum Gasteiger partial charge on any atom is -0.489 e. The molecule has 0 spiro atoms. The molecule has 6 heteroatoms. The summed E-state index contributed by atoms with van der Waals surface area (Å²) >= 11 is 7.32. The fraction of sp³-hybridized carbons (Fsp3) is 0.158. The highest BCUT2D eigenvalue weighted by atomic mass is 35.5. The molecule has 126 valence electrons. The number of fused-ring (bicyclic) bond motifs is 1. The average molecular weight is 371 g/mol. The number of rotatable bonds is 4. The zero-order valence-electron chi connectivity index (χ0n) is 13.3. The molecule has 0 bridgehead atoms. The number of thiazole rings is 1. The van der Waals surface area contributed by atoms with Crippen LogP contribution < -0.4 is 19.6 Å². The quantitative estimate of drug-likeness (QED) is 0.708. The van der Waals surface area contributed by atoms with Gasteiger partial charge < -0.3 is 4.74 Å². The first kappa shape index (κ1) is 16.1. The highest BCUT2D eigenvalue weighted by molar-refractivity contribution is 7.07. The van der Waals surface area contributed by atoms with Crippen molar-refractivity contribution in [2.24, 2.45) is 4.99 Å². The summed E-state index contributed by atoms with van der Waals surface area (Å²) in [4.78, 5) is 17.4. The molecular weight excluding hydrogens is 356 g/mol. The van der Waals surface area contributed by atoms with Crippen molar-refractivity contribution >= 4 is 29.0 Å². The van der Waals surface area contributed by atoms with Crippen molar-refractivity contribution in [2.45, 2.75) is 13.2 Å². The lowest BCUT2D eigenvalue weighted by atomic mass is 10.2. The molecule has 4 nitrogen and oxygen atoms in total. The van der Waals surface area contributed by atoms with E-state index in [2.05, 4.69) is 4.99 Å². The Morgan fingerprint density at radius 3 is 2.64 bits per heavy atom. The fourth-order valence-corrected chi connectivity index (χ4v) is 3.78. The van der Waals surface area contributed by atoms with Crippen LogP contribution in [0.15, 0.2) is 58.3 Å². The van der Waals surface area contributed by atoms with Crippen LogP contribution in [0, 0.1) is 0 Å². The molecule has 0 atom stereocenters. The maximum absolute atomic E-state index is 12.3. The summed E-state index contributed by atoms with van der Waals surface area (Å²) in [6.45, 7) is 1.89. The van der Waals surface area contributed by atoms with Gasteiger partial charge in [-0.15, -0.1) is 0 Å². The van der Waals surface area contributed by atoms with Gasteiger partial charge in [-0.3, -0.25) is 14.4 Å². The molecule has 1 aliphatic rings. The lowest BCUT2D eigenvalue weighted by Gasteiger charge is -2.06. The lowest BCUT2D eigenvalue weighted by molar-refractivity contribution is 0.306. The van der Waals surface area contributed by atoms with Gasteiger partial charge in [0.15, 0.2) is 4.80 Å². The van der Waals surface area contributed by atoms with Crippen LogP contribution in [0.1, 0.15) is 11.1 Å². The minimum atomic E-state index is 0.0457. The summed E-state index contributed by atoms with van der Waals surface area (Å²) in [5.74, 6) is 0.785. The van der Waals surface area contributed by atoms with E-state index in [1.54, 1.807) is 4.57 Å². The zero-order chi connectivity index (χ0) is 17.2. The predicted octanol–water partition coefficient (Wildman–Crippen LogP) is 2.60. The second-order valence-electron chi connectivity index (χ2n) is 5.72. The van der Waals surface area contributed by atoms with Crippen molar-refractivity contribution < 1.29 is 4.74 Å². The Balaban J connectivity index is 1.50.